The number of fused-ring (bicyclic) bond motifs is 1. The number of hydrazone groups is 1. The molecule has 0 aromatic heterocycles. The van der Waals surface area contributed by atoms with Crippen molar-refractivity contribution in [1.82, 2.24) is 10.9 Å². The molecule has 0 bridgehead atoms. The number of nitrogens with two attached hydrogens (primary N) is 1. The molecule has 0 spiro atoms. The average molecular weight is 361 g/mol. The smallest absolute Gasteiger partial charge is 0.101 e. The van der Waals surface area contributed by atoms with Crippen LogP contribution in [0.5, 0.6) is 0 Å². The summed E-state index contributed by atoms with van der Waals surface area (Å²) in [4.78, 5) is 0. The number of unbranched alkanes of at least 4 members (excludes halogenated alkanes) is 7. The van der Waals surface area contributed by atoms with Crippen LogP contribution in [0, 0.1) is 5.92 Å². The van der Waals surface area contributed by atoms with E-state index in [1.807, 2.05) is 6.21 Å². The van der Waals surface area contributed by atoms with Gasteiger partial charge in [-0.2, -0.15) is 5.10 Å². The Labute approximate surface area is 158 Å². The first kappa shape index (κ1) is 20.7. The van der Waals surface area contributed by atoms with Crippen LogP contribution in [0.2, 0.25) is 0 Å². The molecule has 2 aliphatic rings. The fourth-order valence-corrected chi connectivity index (χ4v) is 3.69. The molecule has 0 amide bonds. The number of nitrogens with zero attached hydrogens (tertiary/aromatic N) is 1. The Bertz CT molecular complexity index is 522. The molecule has 5 nitrogen and oxygen atoms in total. The summed E-state index contributed by atoms with van der Waals surface area (Å²) in [6.45, 7) is 1.82. The number of hydrogen-bond acceptors (Lipinski definition) is 5. The molecule has 2 aliphatic carbocycles. The van der Waals surface area contributed by atoms with Crippen LogP contribution in [0.4, 0.5) is 0 Å². The van der Waals surface area contributed by atoms with E-state index in [4.69, 9.17) is 5.84 Å². The van der Waals surface area contributed by atoms with Gasteiger partial charge in [-0.3, -0.25) is 11.3 Å². The molecular formula is C21H36N4O. The minimum Gasteiger partial charge on any atom is -0.512 e. The largest absolute Gasteiger partial charge is 0.512 e. The Morgan fingerprint density at radius 2 is 1.77 bits per heavy atom. The minimum atomic E-state index is 0.482. The van der Waals surface area contributed by atoms with Crippen LogP contribution in [0.1, 0.15) is 70.6 Å². The third kappa shape index (κ3) is 7.34. The second-order valence-corrected chi connectivity index (χ2v) is 7.33. The fraction of sp³-hybridized carbons (Fsp3) is 0.667. The average Bonchev–Trinajstić information content (AvgIpc) is 2.67. The van der Waals surface area contributed by atoms with E-state index in [9.17, 15) is 5.11 Å². The van der Waals surface area contributed by atoms with E-state index < -0.39 is 0 Å². The molecule has 2 rings (SSSR count). The Hall–Kier alpha value is -1.59. The van der Waals surface area contributed by atoms with E-state index in [0.717, 1.165) is 44.3 Å². The number of aliphatic hydroxyl groups excluding tert-OH is 1. The number of hydrogen-bond donors (Lipinski definition) is 4. The number of rotatable bonds is 13. The van der Waals surface area contributed by atoms with Crippen molar-refractivity contribution in [3.8, 4) is 0 Å². The van der Waals surface area contributed by atoms with E-state index >= 15 is 0 Å². The normalized spacial score (nSPS) is 19.7. The van der Waals surface area contributed by atoms with Crippen molar-refractivity contribution in [1.29, 1.82) is 0 Å². The van der Waals surface area contributed by atoms with E-state index in [-0.39, 0.29) is 0 Å². The van der Waals surface area contributed by atoms with Crippen molar-refractivity contribution in [2.24, 2.45) is 16.9 Å². The maximum Gasteiger partial charge on any atom is 0.101 e. The summed E-state index contributed by atoms with van der Waals surface area (Å²) in [7, 11) is 0. The molecule has 0 saturated heterocycles. The highest BCUT2D eigenvalue weighted by Crippen LogP contribution is 2.36. The van der Waals surface area contributed by atoms with Crippen LogP contribution < -0.4 is 16.7 Å². The number of aliphatic hydroxyl groups is 1. The maximum atomic E-state index is 10.2. The first-order valence-electron chi connectivity index (χ1n) is 10.3. The van der Waals surface area contributed by atoms with Crippen LogP contribution in [0.3, 0.4) is 0 Å². The van der Waals surface area contributed by atoms with Crippen LogP contribution >= 0.6 is 0 Å². The minimum absolute atomic E-state index is 0.482. The molecule has 0 aromatic rings. The van der Waals surface area contributed by atoms with Crippen molar-refractivity contribution in [3.63, 3.8) is 0 Å². The van der Waals surface area contributed by atoms with Gasteiger partial charge in [0.05, 0.1) is 6.21 Å². The number of nitrogens with one attached hydrogen (secondary N) is 2. The standard InChI is InChI=1S/C21H36N4O/c22-23-15-9-5-3-1-2-4-6-10-16-24-25-17-20-19-12-8-7-11-18(19)13-14-21(20)26/h7-8,12,17-18,23-24,26H,1-6,9-11,13-16,22H2/b25-17+. The maximum absolute atomic E-state index is 10.2. The zero-order valence-corrected chi connectivity index (χ0v) is 16.1. The van der Waals surface area contributed by atoms with Gasteiger partial charge in [-0.1, -0.05) is 56.8 Å². The lowest BCUT2D eigenvalue weighted by Gasteiger charge is -2.27. The molecule has 0 saturated carbocycles. The molecule has 0 fully saturated rings. The van der Waals surface area contributed by atoms with Gasteiger partial charge < -0.3 is 10.5 Å². The zero-order chi connectivity index (χ0) is 18.5. The predicted molar refractivity (Wildman–Crippen MR) is 110 cm³/mol. The Balaban J connectivity index is 1.53. The summed E-state index contributed by atoms with van der Waals surface area (Å²) >= 11 is 0. The van der Waals surface area contributed by atoms with Gasteiger partial charge in [-0.15, -0.1) is 0 Å². The molecule has 5 N–H and O–H groups in total. The molecule has 1 atom stereocenters. The third-order valence-corrected chi connectivity index (χ3v) is 5.27. The predicted octanol–water partition coefficient (Wildman–Crippen LogP) is 4.25. The lowest BCUT2D eigenvalue weighted by Crippen LogP contribution is -2.22. The summed E-state index contributed by atoms with van der Waals surface area (Å²) in [5, 5.41) is 14.5. The summed E-state index contributed by atoms with van der Waals surface area (Å²) in [5.41, 5.74) is 7.99. The van der Waals surface area contributed by atoms with Crippen molar-refractivity contribution in [3.05, 3.63) is 35.1 Å². The van der Waals surface area contributed by atoms with E-state index in [2.05, 4.69) is 34.2 Å². The topological polar surface area (TPSA) is 82.7 Å². The molecule has 0 aromatic carbocycles. The second kappa shape index (κ2) is 12.7. The van der Waals surface area contributed by atoms with Gasteiger partial charge in [0.1, 0.15) is 5.76 Å². The van der Waals surface area contributed by atoms with Crippen molar-refractivity contribution in [2.75, 3.05) is 13.1 Å². The quantitative estimate of drug-likeness (QED) is 0.171. The van der Waals surface area contributed by atoms with Gasteiger partial charge in [0.15, 0.2) is 0 Å². The zero-order valence-electron chi connectivity index (χ0n) is 16.1. The summed E-state index contributed by atoms with van der Waals surface area (Å²) in [6.07, 6.45) is 21.2. The molecule has 0 aliphatic heterocycles. The second-order valence-electron chi connectivity index (χ2n) is 7.33. The molecule has 0 radical (unpaired) electrons. The Morgan fingerprint density at radius 3 is 2.50 bits per heavy atom. The first-order chi connectivity index (χ1) is 12.8. The Kier molecular flexibility index (Phi) is 10.1. The van der Waals surface area contributed by atoms with Gasteiger partial charge in [0, 0.05) is 25.1 Å². The summed E-state index contributed by atoms with van der Waals surface area (Å²) in [6, 6.07) is 0. The van der Waals surface area contributed by atoms with Gasteiger partial charge in [0.2, 0.25) is 0 Å². The highest BCUT2D eigenvalue weighted by atomic mass is 16.3. The third-order valence-electron chi connectivity index (χ3n) is 5.27. The summed E-state index contributed by atoms with van der Waals surface area (Å²) in [5.74, 6) is 6.28. The van der Waals surface area contributed by atoms with Gasteiger partial charge >= 0.3 is 0 Å². The molecule has 1 unspecified atom stereocenters. The van der Waals surface area contributed by atoms with E-state index in [1.165, 1.54) is 50.5 Å². The van der Waals surface area contributed by atoms with E-state index in [0.29, 0.717) is 11.7 Å². The fourth-order valence-electron chi connectivity index (χ4n) is 3.69. The number of allylic oxidation sites excluding steroid dienone is 6. The van der Waals surface area contributed by atoms with Gasteiger partial charge in [-0.05, 0) is 37.2 Å². The van der Waals surface area contributed by atoms with Crippen molar-refractivity contribution in [2.45, 2.75) is 70.6 Å². The molecular weight excluding hydrogens is 324 g/mol. The monoisotopic (exact) mass is 360 g/mol. The SMILES string of the molecule is NNCCCCCCCCCCN/N=C/C1=C(O)CCC2CC=CC=C12. The molecule has 26 heavy (non-hydrogen) atoms. The summed E-state index contributed by atoms with van der Waals surface area (Å²) < 4.78 is 0. The van der Waals surface area contributed by atoms with Crippen LogP contribution in [-0.2, 0) is 0 Å². The first-order valence-corrected chi connectivity index (χ1v) is 10.3. The van der Waals surface area contributed by atoms with Crippen LogP contribution in [0.25, 0.3) is 0 Å². The lowest BCUT2D eigenvalue weighted by molar-refractivity contribution is 0.354. The lowest BCUT2D eigenvalue weighted by atomic mass is 9.79. The van der Waals surface area contributed by atoms with Crippen LogP contribution in [-0.4, -0.2) is 24.4 Å². The Morgan fingerprint density at radius 1 is 1.08 bits per heavy atom. The molecule has 5 heteroatoms. The highest BCUT2D eigenvalue weighted by Gasteiger charge is 2.25. The van der Waals surface area contributed by atoms with E-state index in [1.54, 1.807) is 0 Å². The number of hydrazine groups is 1. The van der Waals surface area contributed by atoms with Crippen molar-refractivity contribution < 1.29 is 5.11 Å². The van der Waals surface area contributed by atoms with Gasteiger partial charge in [-0.25, -0.2) is 0 Å². The van der Waals surface area contributed by atoms with Crippen molar-refractivity contribution >= 4 is 6.21 Å². The molecule has 0 heterocycles. The highest BCUT2D eigenvalue weighted by molar-refractivity contribution is 5.86. The van der Waals surface area contributed by atoms with Crippen LogP contribution in [0.15, 0.2) is 40.2 Å². The molecule has 146 valence electrons. The van der Waals surface area contributed by atoms with Gasteiger partial charge in [0.25, 0.3) is 0 Å².